The molecule has 6 nitrogen and oxygen atoms in total. The average molecular weight is 286 g/mol. The first-order valence-electron chi connectivity index (χ1n) is 7.13. The van der Waals surface area contributed by atoms with Gasteiger partial charge in [0.05, 0.1) is 19.8 Å². The van der Waals surface area contributed by atoms with Crippen LogP contribution in [0.4, 0.5) is 0 Å². The van der Waals surface area contributed by atoms with Crippen LogP contribution < -0.4 is 0 Å². The Morgan fingerprint density at radius 2 is 1.85 bits per heavy atom. The molecule has 1 fully saturated rings. The van der Waals surface area contributed by atoms with Crippen molar-refractivity contribution in [2.75, 3.05) is 39.4 Å². The number of aliphatic carboxylic acids is 1. The van der Waals surface area contributed by atoms with E-state index in [1.165, 1.54) is 0 Å². The summed E-state index contributed by atoms with van der Waals surface area (Å²) < 4.78 is 5.21. The fourth-order valence-electron chi connectivity index (χ4n) is 2.21. The highest BCUT2D eigenvalue weighted by atomic mass is 16.5. The first kappa shape index (κ1) is 16.9. The molecule has 1 aliphatic heterocycles. The third kappa shape index (κ3) is 5.88. The molecule has 1 aliphatic rings. The third-order valence-electron chi connectivity index (χ3n) is 3.46. The normalized spacial score (nSPS) is 16.5. The van der Waals surface area contributed by atoms with Gasteiger partial charge in [0.1, 0.15) is 0 Å². The molecule has 1 amide bonds. The SMILES string of the molecule is CC(C)(C)N(CCCC(=O)N1CCOCC1)CC(=O)O. The summed E-state index contributed by atoms with van der Waals surface area (Å²) in [6.45, 7) is 9.13. The largest absolute Gasteiger partial charge is 0.480 e. The molecule has 0 bridgehead atoms. The summed E-state index contributed by atoms with van der Waals surface area (Å²) >= 11 is 0. The van der Waals surface area contributed by atoms with E-state index < -0.39 is 5.97 Å². The molecule has 0 aromatic heterocycles. The Hall–Kier alpha value is -1.14. The second kappa shape index (κ2) is 7.59. The Morgan fingerprint density at radius 3 is 2.35 bits per heavy atom. The van der Waals surface area contributed by atoms with Gasteiger partial charge in [0.15, 0.2) is 0 Å². The third-order valence-corrected chi connectivity index (χ3v) is 3.46. The van der Waals surface area contributed by atoms with Gasteiger partial charge in [-0.1, -0.05) is 0 Å². The molecular formula is C14H26N2O4. The number of carbonyl (C=O) groups is 2. The van der Waals surface area contributed by atoms with Gasteiger partial charge >= 0.3 is 5.97 Å². The smallest absolute Gasteiger partial charge is 0.317 e. The van der Waals surface area contributed by atoms with Crippen LogP contribution in [0.25, 0.3) is 0 Å². The van der Waals surface area contributed by atoms with E-state index in [4.69, 9.17) is 9.84 Å². The lowest BCUT2D eigenvalue weighted by Gasteiger charge is -2.34. The van der Waals surface area contributed by atoms with E-state index in [9.17, 15) is 9.59 Å². The second-order valence-electron chi connectivity index (χ2n) is 6.08. The van der Waals surface area contributed by atoms with Crippen molar-refractivity contribution in [2.45, 2.75) is 39.2 Å². The van der Waals surface area contributed by atoms with Gasteiger partial charge in [0.25, 0.3) is 0 Å². The molecule has 1 rings (SSSR count). The molecule has 0 saturated carbocycles. The fourth-order valence-corrected chi connectivity index (χ4v) is 2.21. The Labute approximate surface area is 120 Å². The van der Waals surface area contributed by atoms with Gasteiger partial charge in [-0.25, -0.2) is 0 Å². The maximum absolute atomic E-state index is 12.0. The summed E-state index contributed by atoms with van der Waals surface area (Å²) in [5.74, 6) is -0.697. The minimum Gasteiger partial charge on any atom is -0.480 e. The van der Waals surface area contributed by atoms with Crippen molar-refractivity contribution in [3.05, 3.63) is 0 Å². The van der Waals surface area contributed by atoms with Gasteiger partial charge in [-0.15, -0.1) is 0 Å². The van der Waals surface area contributed by atoms with E-state index in [1.807, 2.05) is 30.6 Å². The quantitative estimate of drug-likeness (QED) is 0.782. The minimum atomic E-state index is -0.834. The number of ether oxygens (including phenoxy) is 1. The average Bonchev–Trinajstić information content (AvgIpc) is 2.37. The van der Waals surface area contributed by atoms with E-state index >= 15 is 0 Å². The Morgan fingerprint density at radius 1 is 1.25 bits per heavy atom. The topological polar surface area (TPSA) is 70.1 Å². The van der Waals surface area contributed by atoms with Crippen LogP contribution >= 0.6 is 0 Å². The highest BCUT2D eigenvalue weighted by molar-refractivity contribution is 5.76. The van der Waals surface area contributed by atoms with Crippen molar-refractivity contribution in [3.8, 4) is 0 Å². The van der Waals surface area contributed by atoms with Gasteiger partial charge in [-0.05, 0) is 33.7 Å². The number of morpholine rings is 1. The molecule has 1 heterocycles. The summed E-state index contributed by atoms with van der Waals surface area (Å²) in [6, 6.07) is 0. The van der Waals surface area contributed by atoms with Gasteiger partial charge < -0.3 is 14.7 Å². The summed E-state index contributed by atoms with van der Waals surface area (Å²) in [5.41, 5.74) is -0.208. The predicted octanol–water partition coefficient (Wildman–Crippen LogP) is 0.811. The van der Waals surface area contributed by atoms with Crippen LogP contribution in [0.1, 0.15) is 33.6 Å². The van der Waals surface area contributed by atoms with Gasteiger partial charge in [0, 0.05) is 25.0 Å². The standard InChI is InChI=1S/C14H26N2O4/c1-14(2,3)16(11-13(18)19)6-4-5-12(17)15-7-9-20-10-8-15/h4-11H2,1-3H3,(H,18,19). The summed E-state index contributed by atoms with van der Waals surface area (Å²) in [6.07, 6.45) is 1.15. The number of hydrogen-bond acceptors (Lipinski definition) is 4. The summed E-state index contributed by atoms with van der Waals surface area (Å²) in [7, 11) is 0. The number of amides is 1. The van der Waals surface area contributed by atoms with Gasteiger partial charge in [-0.3, -0.25) is 14.5 Å². The number of carbonyl (C=O) groups excluding carboxylic acids is 1. The van der Waals surface area contributed by atoms with Crippen LogP contribution in [0, 0.1) is 0 Å². The van der Waals surface area contributed by atoms with Gasteiger partial charge in [-0.2, -0.15) is 0 Å². The maximum Gasteiger partial charge on any atom is 0.317 e. The molecule has 0 aromatic rings. The molecule has 20 heavy (non-hydrogen) atoms. The molecule has 0 atom stereocenters. The van der Waals surface area contributed by atoms with Crippen LogP contribution in [0.15, 0.2) is 0 Å². The molecule has 0 aliphatic carbocycles. The lowest BCUT2D eigenvalue weighted by atomic mass is 10.1. The molecule has 116 valence electrons. The Bertz CT molecular complexity index is 333. The number of hydrogen-bond donors (Lipinski definition) is 1. The number of rotatable bonds is 6. The van der Waals surface area contributed by atoms with E-state index in [0.29, 0.717) is 45.7 Å². The predicted molar refractivity (Wildman–Crippen MR) is 75.6 cm³/mol. The Kier molecular flexibility index (Phi) is 6.42. The van der Waals surface area contributed by atoms with Crippen molar-refractivity contribution in [1.82, 2.24) is 9.80 Å². The molecule has 0 spiro atoms. The van der Waals surface area contributed by atoms with E-state index in [1.54, 1.807) is 0 Å². The van der Waals surface area contributed by atoms with Crippen molar-refractivity contribution in [3.63, 3.8) is 0 Å². The van der Waals surface area contributed by atoms with Crippen LogP contribution in [-0.4, -0.2) is 71.7 Å². The molecular weight excluding hydrogens is 260 g/mol. The van der Waals surface area contributed by atoms with Crippen molar-refractivity contribution in [1.29, 1.82) is 0 Å². The number of carboxylic acids is 1. The highest BCUT2D eigenvalue weighted by Gasteiger charge is 2.24. The van der Waals surface area contributed by atoms with E-state index in [2.05, 4.69) is 0 Å². The zero-order valence-electron chi connectivity index (χ0n) is 12.7. The van der Waals surface area contributed by atoms with Crippen molar-refractivity contribution < 1.29 is 19.4 Å². The highest BCUT2D eigenvalue weighted by Crippen LogP contribution is 2.14. The molecule has 0 unspecified atom stereocenters. The summed E-state index contributed by atoms with van der Waals surface area (Å²) in [4.78, 5) is 26.6. The molecule has 0 aromatic carbocycles. The Balaban J connectivity index is 2.35. The van der Waals surface area contributed by atoms with Crippen LogP contribution in [-0.2, 0) is 14.3 Å². The van der Waals surface area contributed by atoms with Gasteiger partial charge in [0.2, 0.25) is 5.91 Å². The molecule has 1 saturated heterocycles. The molecule has 0 radical (unpaired) electrons. The van der Waals surface area contributed by atoms with E-state index in [-0.39, 0.29) is 18.0 Å². The first-order chi connectivity index (χ1) is 9.30. The lowest BCUT2D eigenvalue weighted by molar-refractivity contribution is -0.139. The monoisotopic (exact) mass is 286 g/mol. The maximum atomic E-state index is 12.0. The minimum absolute atomic E-state index is 0.00917. The second-order valence-corrected chi connectivity index (χ2v) is 6.08. The summed E-state index contributed by atoms with van der Waals surface area (Å²) in [5, 5.41) is 8.93. The van der Waals surface area contributed by atoms with Crippen molar-refractivity contribution in [2.24, 2.45) is 0 Å². The zero-order valence-corrected chi connectivity index (χ0v) is 12.7. The molecule has 1 N–H and O–H groups in total. The number of carboxylic acid groups (broad SMARTS) is 1. The fraction of sp³-hybridized carbons (Fsp3) is 0.857. The number of nitrogens with zero attached hydrogens (tertiary/aromatic N) is 2. The van der Waals surface area contributed by atoms with Crippen LogP contribution in [0.3, 0.4) is 0 Å². The lowest BCUT2D eigenvalue weighted by Crippen LogP contribution is -2.45. The van der Waals surface area contributed by atoms with Crippen molar-refractivity contribution >= 4 is 11.9 Å². The van der Waals surface area contributed by atoms with Crippen LogP contribution in [0.2, 0.25) is 0 Å². The zero-order chi connectivity index (χ0) is 15.2. The molecule has 6 heteroatoms. The van der Waals surface area contributed by atoms with E-state index in [0.717, 1.165) is 0 Å². The first-order valence-corrected chi connectivity index (χ1v) is 7.13. The van der Waals surface area contributed by atoms with Crippen LogP contribution in [0.5, 0.6) is 0 Å².